The highest BCUT2D eigenvalue weighted by atomic mass is 28.3. The van der Waals surface area contributed by atoms with Crippen LogP contribution in [-0.4, -0.2) is 14.1 Å². The summed E-state index contributed by atoms with van der Waals surface area (Å²) in [4.78, 5) is 0. The first kappa shape index (κ1) is 16.5. The summed E-state index contributed by atoms with van der Waals surface area (Å²) in [5.41, 5.74) is 1.40. The van der Waals surface area contributed by atoms with Crippen LogP contribution in [0.3, 0.4) is 0 Å². The van der Waals surface area contributed by atoms with Crippen molar-refractivity contribution in [3.63, 3.8) is 0 Å². The Balaban J connectivity index is 2.42. The Morgan fingerprint density at radius 2 is 1.53 bits per heavy atom. The number of hydrogen-bond donors (Lipinski definition) is 1. The fourth-order valence-electron chi connectivity index (χ4n) is 2.10. The van der Waals surface area contributed by atoms with Crippen molar-refractivity contribution in [3.8, 4) is 0 Å². The van der Waals surface area contributed by atoms with E-state index in [2.05, 4.69) is 70.0 Å². The quantitative estimate of drug-likeness (QED) is 0.738. The maximum atomic E-state index is 3.62. The van der Waals surface area contributed by atoms with Gasteiger partial charge in [-0.1, -0.05) is 62.9 Å². The van der Waals surface area contributed by atoms with Gasteiger partial charge in [-0.05, 0) is 31.2 Å². The topological polar surface area (TPSA) is 12.0 Å². The monoisotopic (exact) mass is 277 g/mol. The van der Waals surface area contributed by atoms with Gasteiger partial charge in [-0.15, -0.1) is 0 Å². The molecular weight excluding hydrogens is 246 g/mol. The molecule has 1 aromatic carbocycles. The molecule has 1 aromatic rings. The van der Waals surface area contributed by atoms with Crippen molar-refractivity contribution < 1.29 is 0 Å². The van der Waals surface area contributed by atoms with Crippen LogP contribution in [0.15, 0.2) is 24.3 Å². The first-order chi connectivity index (χ1) is 8.79. The lowest BCUT2D eigenvalue weighted by Crippen LogP contribution is -2.37. The van der Waals surface area contributed by atoms with Crippen molar-refractivity contribution in [2.24, 2.45) is 5.92 Å². The first-order valence-corrected chi connectivity index (χ1v) is 11.1. The van der Waals surface area contributed by atoms with E-state index < -0.39 is 8.07 Å². The molecule has 0 aliphatic heterocycles. The van der Waals surface area contributed by atoms with Gasteiger partial charge in [-0.2, -0.15) is 0 Å². The molecule has 108 valence electrons. The molecule has 0 spiro atoms. The molecule has 1 nitrogen and oxygen atoms in total. The lowest BCUT2D eigenvalue weighted by Gasteiger charge is -2.18. The fraction of sp³-hybridized carbons (Fsp3) is 0.647. The highest BCUT2D eigenvalue weighted by molar-refractivity contribution is 6.88. The molecule has 1 N–H and O–H groups in total. The second-order valence-corrected chi connectivity index (χ2v) is 12.3. The van der Waals surface area contributed by atoms with Crippen LogP contribution in [0, 0.1) is 5.92 Å². The van der Waals surface area contributed by atoms with E-state index in [-0.39, 0.29) is 0 Å². The van der Waals surface area contributed by atoms with Crippen molar-refractivity contribution in [3.05, 3.63) is 29.8 Å². The molecule has 19 heavy (non-hydrogen) atoms. The van der Waals surface area contributed by atoms with E-state index in [1.54, 1.807) is 5.19 Å². The standard InChI is InChI=1S/C17H31NSi/c1-14(2)7-8-15(3)18-13-16-9-11-17(12-10-16)19(4,5)6/h9-12,14-15,18H,7-8,13H2,1-6H3. The normalized spacial score (nSPS) is 13.8. The summed E-state index contributed by atoms with van der Waals surface area (Å²) in [6.07, 6.45) is 2.58. The zero-order valence-electron chi connectivity index (χ0n) is 13.6. The fourth-order valence-corrected chi connectivity index (χ4v) is 3.27. The van der Waals surface area contributed by atoms with E-state index >= 15 is 0 Å². The second-order valence-electron chi connectivity index (χ2n) is 7.20. The molecule has 0 bridgehead atoms. The van der Waals surface area contributed by atoms with Gasteiger partial charge in [-0.3, -0.25) is 0 Å². The summed E-state index contributed by atoms with van der Waals surface area (Å²) in [6, 6.07) is 9.83. The molecule has 1 atom stereocenters. The molecule has 0 heterocycles. The molecule has 0 aliphatic rings. The predicted molar refractivity (Wildman–Crippen MR) is 89.8 cm³/mol. The predicted octanol–water partition coefficient (Wildman–Crippen LogP) is 4.15. The van der Waals surface area contributed by atoms with Gasteiger partial charge in [0.15, 0.2) is 0 Å². The van der Waals surface area contributed by atoms with E-state index in [1.165, 1.54) is 18.4 Å². The Labute approximate surface area is 120 Å². The van der Waals surface area contributed by atoms with Crippen LogP contribution in [0.1, 0.15) is 39.2 Å². The van der Waals surface area contributed by atoms with Gasteiger partial charge >= 0.3 is 0 Å². The third-order valence-electron chi connectivity index (χ3n) is 3.65. The van der Waals surface area contributed by atoms with Crippen molar-refractivity contribution in [1.82, 2.24) is 5.32 Å². The summed E-state index contributed by atoms with van der Waals surface area (Å²) in [6.45, 7) is 15.1. The molecular formula is C17H31NSi. The zero-order chi connectivity index (χ0) is 14.5. The Bertz CT molecular complexity index is 362. The minimum Gasteiger partial charge on any atom is -0.310 e. The highest BCUT2D eigenvalue weighted by Crippen LogP contribution is 2.08. The van der Waals surface area contributed by atoms with Crippen LogP contribution >= 0.6 is 0 Å². The largest absolute Gasteiger partial charge is 0.310 e. The summed E-state index contributed by atoms with van der Waals surface area (Å²) in [7, 11) is -1.15. The third kappa shape index (κ3) is 6.39. The lowest BCUT2D eigenvalue weighted by molar-refractivity contribution is 0.451. The molecule has 0 saturated carbocycles. The van der Waals surface area contributed by atoms with Crippen LogP contribution in [-0.2, 0) is 6.54 Å². The molecule has 0 aromatic heterocycles. The van der Waals surface area contributed by atoms with Crippen molar-refractivity contribution in [1.29, 1.82) is 0 Å². The van der Waals surface area contributed by atoms with E-state index in [0.29, 0.717) is 6.04 Å². The van der Waals surface area contributed by atoms with Crippen LogP contribution in [0.25, 0.3) is 0 Å². The average molecular weight is 278 g/mol. The van der Waals surface area contributed by atoms with E-state index in [1.807, 2.05) is 0 Å². The van der Waals surface area contributed by atoms with E-state index in [9.17, 15) is 0 Å². The molecule has 0 aliphatic carbocycles. The Kier molecular flexibility index (Phi) is 6.28. The maximum Gasteiger partial charge on any atom is 0.0775 e. The minimum atomic E-state index is -1.15. The Hall–Kier alpha value is -0.603. The maximum absolute atomic E-state index is 3.62. The molecule has 0 saturated heterocycles. The van der Waals surface area contributed by atoms with Gasteiger partial charge in [-0.25, -0.2) is 0 Å². The smallest absolute Gasteiger partial charge is 0.0775 e. The third-order valence-corrected chi connectivity index (χ3v) is 5.72. The molecule has 0 amide bonds. The minimum absolute atomic E-state index is 0.610. The van der Waals surface area contributed by atoms with Gasteiger partial charge in [0.1, 0.15) is 0 Å². The summed E-state index contributed by atoms with van der Waals surface area (Å²) in [5.74, 6) is 0.806. The number of benzene rings is 1. The molecule has 1 unspecified atom stereocenters. The summed E-state index contributed by atoms with van der Waals surface area (Å²) < 4.78 is 0. The Morgan fingerprint density at radius 3 is 2.00 bits per heavy atom. The van der Waals surface area contributed by atoms with Crippen LogP contribution in [0.4, 0.5) is 0 Å². The van der Waals surface area contributed by atoms with Crippen LogP contribution in [0.5, 0.6) is 0 Å². The summed E-state index contributed by atoms with van der Waals surface area (Å²) >= 11 is 0. The van der Waals surface area contributed by atoms with Gasteiger partial charge in [0, 0.05) is 12.6 Å². The van der Waals surface area contributed by atoms with Crippen molar-refractivity contribution >= 4 is 13.3 Å². The first-order valence-electron chi connectivity index (χ1n) is 7.62. The lowest BCUT2D eigenvalue weighted by atomic mass is 10.0. The molecule has 1 rings (SSSR count). The number of hydrogen-bond acceptors (Lipinski definition) is 1. The molecule has 2 heteroatoms. The number of rotatable bonds is 7. The van der Waals surface area contributed by atoms with Crippen LogP contribution < -0.4 is 10.5 Å². The van der Waals surface area contributed by atoms with E-state index in [4.69, 9.17) is 0 Å². The highest BCUT2D eigenvalue weighted by Gasteiger charge is 2.15. The van der Waals surface area contributed by atoms with Crippen molar-refractivity contribution in [2.75, 3.05) is 0 Å². The average Bonchev–Trinajstić information content (AvgIpc) is 2.33. The number of nitrogens with one attached hydrogen (secondary N) is 1. The Morgan fingerprint density at radius 1 is 0.947 bits per heavy atom. The zero-order valence-corrected chi connectivity index (χ0v) is 14.6. The van der Waals surface area contributed by atoms with Crippen LogP contribution in [0.2, 0.25) is 19.6 Å². The van der Waals surface area contributed by atoms with Gasteiger partial charge < -0.3 is 5.32 Å². The summed E-state index contributed by atoms with van der Waals surface area (Å²) in [5, 5.41) is 5.17. The van der Waals surface area contributed by atoms with Gasteiger partial charge in [0.2, 0.25) is 0 Å². The molecule has 0 fully saturated rings. The van der Waals surface area contributed by atoms with Gasteiger partial charge in [0.05, 0.1) is 8.07 Å². The van der Waals surface area contributed by atoms with Crippen molar-refractivity contribution in [2.45, 2.75) is 65.8 Å². The second kappa shape index (κ2) is 7.25. The SMILES string of the molecule is CC(C)CCC(C)NCc1ccc([Si](C)(C)C)cc1. The molecule has 0 radical (unpaired) electrons. The van der Waals surface area contributed by atoms with E-state index in [0.717, 1.165) is 12.5 Å². The van der Waals surface area contributed by atoms with Gasteiger partial charge in [0.25, 0.3) is 0 Å².